The van der Waals surface area contributed by atoms with E-state index in [0.717, 1.165) is 54.7 Å². The zero-order valence-corrected chi connectivity index (χ0v) is 22.9. The van der Waals surface area contributed by atoms with Crippen LogP contribution in [0, 0.1) is 10.1 Å². The van der Waals surface area contributed by atoms with Gasteiger partial charge in [0, 0.05) is 79.8 Å². The molecule has 2 aromatic carbocycles. The summed E-state index contributed by atoms with van der Waals surface area (Å²) in [6.45, 7) is 8.36. The van der Waals surface area contributed by atoms with Crippen molar-refractivity contribution < 1.29 is 14.5 Å². The molecule has 0 bridgehead atoms. The fourth-order valence-corrected chi connectivity index (χ4v) is 6.23. The Hall–Kier alpha value is -3.96. The molecule has 0 radical (unpaired) electrons. The highest BCUT2D eigenvalue weighted by atomic mass is 32.1. The van der Waals surface area contributed by atoms with Crippen LogP contribution < -0.4 is 16.0 Å². The summed E-state index contributed by atoms with van der Waals surface area (Å²) in [6, 6.07) is 14.5. The lowest BCUT2D eigenvalue weighted by Crippen LogP contribution is -2.47. The van der Waals surface area contributed by atoms with Gasteiger partial charge in [-0.25, -0.2) is 4.79 Å². The van der Waals surface area contributed by atoms with Crippen LogP contribution in [0.4, 0.5) is 22.1 Å². The summed E-state index contributed by atoms with van der Waals surface area (Å²) in [5.74, 6) is -0.933. The number of rotatable bonds is 8. The number of benzene rings is 2. The predicted molar refractivity (Wildman–Crippen MR) is 153 cm³/mol. The molecule has 39 heavy (non-hydrogen) atoms. The Morgan fingerprint density at radius 3 is 2.64 bits per heavy atom. The van der Waals surface area contributed by atoms with Gasteiger partial charge in [-0.3, -0.25) is 15.0 Å². The number of nitrogen functional groups attached to an aromatic ring is 1. The number of hydrogen-bond donors (Lipinski definition) is 2. The molecule has 2 aliphatic rings. The third kappa shape index (κ3) is 5.59. The number of piperazine rings is 1. The van der Waals surface area contributed by atoms with E-state index in [1.54, 1.807) is 19.1 Å². The fraction of sp³-hybridized carbons (Fsp3) is 0.357. The maximum absolute atomic E-state index is 13.1. The predicted octanol–water partition coefficient (Wildman–Crippen LogP) is 4.39. The first-order valence-corrected chi connectivity index (χ1v) is 13.8. The average molecular weight is 549 g/mol. The Balaban J connectivity index is 1.37. The van der Waals surface area contributed by atoms with Gasteiger partial charge in [-0.05, 0) is 55.2 Å². The molecule has 1 aromatic heterocycles. The minimum Gasteiger partial charge on any atom is -0.463 e. The molecule has 0 spiro atoms. The van der Waals surface area contributed by atoms with Gasteiger partial charge in [0.1, 0.15) is 5.00 Å². The molecular weight excluding hydrogens is 516 g/mol. The molecule has 5 rings (SSSR count). The number of hydrogen-bond acceptors (Lipinski definition) is 10. The third-order valence-electron chi connectivity index (χ3n) is 7.29. The van der Waals surface area contributed by atoms with Crippen LogP contribution in [0.1, 0.15) is 36.6 Å². The smallest absolute Gasteiger partial charge is 0.336 e. The van der Waals surface area contributed by atoms with Gasteiger partial charge >= 0.3 is 5.97 Å². The number of aromatic nitrogens is 1. The van der Waals surface area contributed by atoms with Crippen molar-refractivity contribution in [1.29, 1.82) is 0 Å². The molecular formula is C28H32N6O4S. The van der Waals surface area contributed by atoms with Crippen LogP contribution in [0.15, 0.2) is 59.8 Å². The second kappa shape index (κ2) is 11.4. The molecule has 1 fully saturated rings. The fourth-order valence-electron chi connectivity index (χ4n) is 5.31. The lowest BCUT2D eigenvalue weighted by atomic mass is 9.81. The maximum Gasteiger partial charge on any atom is 0.336 e. The van der Waals surface area contributed by atoms with Gasteiger partial charge < -0.3 is 20.7 Å². The first kappa shape index (κ1) is 26.6. The van der Waals surface area contributed by atoms with Gasteiger partial charge in [-0.2, -0.15) is 4.37 Å². The summed E-state index contributed by atoms with van der Waals surface area (Å²) >= 11 is 1.36. The van der Waals surface area contributed by atoms with Gasteiger partial charge in [0.05, 0.1) is 22.8 Å². The van der Waals surface area contributed by atoms with Crippen LogP contribution >= 0.6 is 11.5 Å². The number of fused-ring (bicyclic) bond motifs is 1. The summed E-state index contributed by atoms with van der Waals surface area (Å²) < 4.78 is 10.2. The molecule has 3 N–H and O–H groups in total. The SMILES string of the molecule is CCOC(=O)C1=C(C)Nc2snc(CCN3CCN(c4ccc(N)cc4)CC3)c2C1c1cccc([N+](=O)[O-])c1. The Kier molecular flexibility index (Phi) is 7.80. The second-order valence-corrected chi connectivity index (χ2v) is 10.5. The van der Waals surface area contributed by atoms with Gasteiger partial charge in [-0.1, -0.05) is 12.1 Å². The summed E-state index contributed by atoms with van der Waals surface area (Å²) in [5.41, 5.74) is 11.4. The van der Waals surface area contributed by atoms with Crippen LogP contribution in [0.2, 0.25) is 0 Å². The van der Waals surface area contributed by atoms with E-state index in [2.05, 4.69) is 27.2 Å². The number of carbonyl (C=O) groups is 1. The summed E-state index contributed by atoms with van der Waals surface area (Å²) in [6.07, 6.45) is 0.704. The number of allylic oxidation sites excluding steroid dienone is 1. The molecule has 1 saturated heterocycles. The van der Waals surface area contributed by atoms with E-state index in [1.165, 1.54) is 23.3 Å². The second-order valence-electron chi connectivity index (χ2n) is 9.71. The van der Waals surface area contributed by atoms with Crippen molar-refractivity contribution >= 4 is 39.6 Å². The van der Waals surface area contributed by atoms with Crippen LogP contribution in [-0.2, 0) is 16.0 Å². The number of nitrogens with zero attached hydrogens (tertiary/aromatic N) is 4. The van der Waals surface area contributed by atoms with Crippen molar-refractivity contribution in [2.75, 3.05) is 55.3 Å². The minimum absolute atomic E-state index is 0.0165. The van der Waals surface area contributed by atoms with Crippen molar-refractivity contribution in [2.24, 2.45) is 0 Å². The molecule has 0 aliphatic carbocycles. The monoisotopic (exact) mass is 548 g/mol. The number of nitrogens with one attached hydrogen (secondary N) is 1. The van der Waals surface area contributed by atoms with Crippen LogP contribution in [0.25, 0.3) is 0 Å². The molecule has 3 aromatic rings. The molecule has 11 heteroatoms. The number of ether oxygens (including phenoxy) is 1. The first-order valence-electron chi connectivity index (χ1n) is 13.1. The van der Waals surface area contributed by atoms with Crippen molar-refractivity contribution in [3.05, 3.63) is 86.7 Å². The molecule has 1 atom stereocenters. The Labute approximate surface area is 231 Å². The van der Waals surface area contributed by atoms with E-state index in [9.17, 15) is 14.9 Å². The van der Waals surface area contributed by atoms with E-state index in [1.807, 2.05) is 25.1 Å². The Morgan fingerprint density at radius 1 is 1.21 bits per heavy atom. The summed E-state index contributed by atoms with van der Waals surface area (Å²) in [5, 5.41) is 15.8. The number of nitrogens with two attached hydrogens (primary N) is 1. The molecule has 0 saturated carbocycles. The van der Waals surface area contributed by atoms with Crippen molar-refractivity contribution in [3.63, 3.8) is 0 Å². The molecule has 0 amide bonds. The third-order valence-corrected chi connectivity index (χ3v) is 8.11. The summed E-state index contributed by atoms with van der Waals surface area (Å²) in [7, 11) is 0. The van der Waals surface area contributed by atoms with Crippen molar-refractivity contribution in [1.82, 2.24) is 9.27 Å². The lowest BCUT2D eigenvalue weighted by Gasteiger charge is -2.36. The first-order chi connectivity index (χ1) is 18.9. The van der Waals surface area contributed by atoms with Gasteiger partial charge in [-0.15, -0.1) is 0 Å². The number of anilines is 3. The largest absolute Gasteiger partial charge is 0.463 e. The van der Waals surface area contributed by atoms with Gasteiger partial charge in [0.25, 0.3) is 5.69 Å². The zero-order chi connectivity index (χ0) is 27.5. The molecule has 1 unspecified atom stereocenters. The lowest BCUT2D eigenvalue weighted by molar-refractivity contribution is -0.384. The van der Waals surface area contributed by atoms with E-state index >= 15 is 0 Å². The van der Waals surface area contributed by atoms with Crippen molar-refractivity contribution in [2.45, 2.75) is 26.2 Å². The standard InChI is InChI=1S/C28H32N6O4S/c1-3-38-28(35)24-18(2)30-27-26(25(24)19-5-4-6-22(17-19)34(36)37)23(31-39-27)11-12-32-13-15-33(16-14-32)21-9-7-20(29)8-10-21/h4-10,17,25,30H,3,11-16,29H2,1-2H3. The number of nitro benzene ring substituents is 1. The van der Waals surface area contributed by atoms with Crippen LogP contribution in [-0.4, -0.2) is 59.5 Å². The van der Waals surface area contributed by atoms with E-state index in [-0.39, 0.29) is 12.3 Å². The minimum atomic E-state index is -0.503. The van der Waals surface area contributed by atoms with Gasteiger partial charge in [0.2, 0.25) is 0 Å². The Morgan fingerprint density at radius 2 is 1.95 bits per heavy atom. The number of nitro groups is 1. The summed E-state index contributed by atoms with van der Waals surface area (Å²) in [4.78, 5) is 29.1. The zero-order valence-electron chi connectivity index (χ0n) is 22.1. The van der Waals surface area contributed by atoms with E-state index < -0.39 is 16.8 Å². The molecule has 2 aliphatic heterocycles. The highest BCUT2D eigenvalue weighted by Gasteiger charge is 2.37. The van der Waals surface area contributed by atoms with E-state index in [4.69, 9.17) is 14.8 Å². The number of esters is 1. The molecule has 204 valence electrons. The van der Waals surface area contributed by atoms with Crippen LogP contribution in [0.3, 0.4) is 0 Å². The highest BCUT2D eigenvalue weighted by molar-refractivity contribution is 7.10. The number of carbonyl (C=O) groups excluding carboxylic acids is 1. The highest BCUT2D eigenvalue weighted by Crippen LogP contribution is 2.46. The van der Waals surface area contributed by atoms with E-state index in [0.29, 0.717) is 23.3 Å². The normalized spacial score (nSPS) is 17.5. The van der Waals surface area contributed by atoms with Gasteiger partial charge in [0.15, 0.2) is 0 Å². The number of non-ortho nitro benzene ring substituents is 1. The molecule has 3 heterocycles. The molecule has 10 nitrogen and oxygen atoms in total. The quantitative estimate of drug-likeness (QED) is 0.182. The van der Waals surface area contributed by atoms with Crippen molar-refractivity contribution in [3.8, 4) is 0 Å². The average Bonchev–Trinajstić information content (AvgIpc) is 3.34. The van der Waals surface area contributed by atoms with Crippen LogP contribution in [0.5, 0.6) is 0 Å². The maximum atomic E-state index is 13.1. The Bertz CT molecular complexity index is 1400. The topological polar surface area (TPSA) is 127 Å².